The minimum absolute atomic E-state index is 0.0805. The van der Waals surface area contributed by atoms with Crippen LogP contribution in [0.5, 0.6) is 0 Å². The second-order valence-corrected chi connectivity index (χ2v) is 10.2. The van der Waals surface area contributed by atoms with Crippen molar-refractivity contribution in [1.82, 2.24) is 4.98 Å². The molecule has 0 saturated carbocycles. The number of nitrogens with zero attached hydrogens (tertiary/aromatic N) is 3. The summed E-state index contributed by atoms with van der Waals surface area (Å²) in [5.74, 6) is -0.627. The topological polar surface area (TPSA) is 96.6 Å². The molecule has 12 heteroatoms. The number of aromatic nitrogens is 1. The fraction of sp³-hybridized carbons (Fsp3) is 0.238. The number of hydrogen-bond donors (Lipinski definition) is 1. The lowest BCUT2D eigenvalue weighted by atomic mass is 9.99. The number of anilines is 2. The van der Waals surface area contributed by atoms with Crippen LogP contribution in [-0.4, -0.2) is 32.5 Å². The molecular formula is C21H19F3N4O3S2. The van der Waals surface area contributed by atoms with Crippen LogP contribution in [0.15, 0.2) is 46.7 Å². The second kappa shape index (κ2) is 8.76. The Hall–Kier alpha value is -2.96. The van der Waals surface area contributed by atoms with Gasteiger partial charge in [0.15, 0.2) is 9.34 Å². The molecule has 2 N–H and O–H groups in total. The maximum Gasteiger partial charge on any atom is 0.330 e. The third kappa shape index (κ3) is 4.59. The lowest BCUT2D eigenvalue weighted by Gasteiger charge is -2.34. The lowest BCUT2D eigenvalue weighted by Crippen LogP contribution is -2.49. The van der Waals surface area contributed by atoms with Crippen molar-refractivity contribution in [2.45, 2.75) is 24.0 Å². The van der Waals surface area contributed by atoms with Crippen molar-refractivity contribution in [2.75, 3.05) is 22.9 Å². The minimum atomic E-state index is -3.95. The SMILES string of the molecule is Cc1nc(N2CCCN(c3ccc(-c4cc(F)ccc4C(F)F)cc3)C2=O)sc1S(N)(=O)=O. The van der Waals surface area contributed by atoms with E-state index in [0.29, 0.717) is 30.8 Å². The first-order valence-corrected chi connectivity index (χ1v) is 12.2. The van der Waals surface area contributed by atoms with Crippen LogP contribution in [0.2, 0.25) is 0 Å². The third-order valence-electron chi connectivity index (χ3n) is 5.20. The van der Waals surface area contributed by atoms with E-state index in [0.717, 1.165) is 29.5 Å². The highest BCUT2D eigenvalue weighted by Gasteiger charge is 2.31. The second-order valence-electron chi connectivity index (χ2n) is 7.43. The molecule has 0 aliphatic carbocycles. The Bertz CT molecular complexity index is 1310. The van der Waals surface area contributed by atoms with Gasteiger partial charge in [0.1, 0.15) is 5.82 Å². The smallest absolute Gasteiger partial charge is 0.294 e. The van der Waals surface area contributed by atoms with Crippen molar-refractivity contribution < 1.29 is 26.4 Å². The Morgan fingerprint density at radius 3 is 2.36 bits per heavy atom. The number of alkyl halides is 2. The Morgan fingerprint density at radius 1 is 1.09 bits per heavy atom. The number of primary sulfonamides is 1. The third-order valence-corrected chi connectivity index (χ3v) is 7.93. The van der Waals surface area contributed by atoms with Crippen molar-refractivity contribution in [3.8, 4) is 11.1 Å². The molecule has 1 aliphatic rings. The van der Waals surface area contributed by atoms with Gasteiger partial charge in [0, 0.05) is 24.3 Å². The van der Waals surface area contributed by atoms with E-state index in [2.05, 4.69) is 4.98 Å². The summed E-state index contributed by atoms with van der Waals surface area (Å²) in [4.78, 5) is 20.2. The number of rotatable bonds is 5. The number of amides is 2. The number of hydrogen-bond acceptors (Lipinski definition) is 5. The molecule has 1 aromatic heterocycles. The zero-order valence-electron chi connectivity index (χ0n) is 17.3. The summed E-state index contributed by atoms with van der Waals surface area (Å²) in [6, 6.07) is 8.99. The maximum absolute atomic E-state index is 13.7. The summed E-state index contributed by atoms with van der Waals surface area (Å²) in [6.45, 7) is 2.26. The van der Waals surface area contributed by atoms with Crippen LogP contribution in [0.1, 0.15) is 24.1 Å². The fourth-order valence-corrected chi connectivity index (χ4v) is 5.65. The van der Waals surface area contributed by atoms with Crippen molar-refractivity contribution in [3.05, 3.63) is 59.5 Å². The molecule has 1 aliphatic heterocycles. The van der Waals surface area contributed by atoms with Crippen LogP contribution in [0.25, 0.3) is 11.1 Å². The Balaban J connectivity index is 1.62. The first-order valence-electron chi connectivity index (χ1n) is 9.83. The first-order chi connectivity index (χ1) is 15.6. The van der Waals surface area contributed by atoms with Gasteiger partial charge in [-0.2, -0.15) is 0 Å². The first kappa shape index (κ1) is 23.2. The number of carbonyl (C=O) groups is 1. The molecule has 1 fully saturated rings. The number of aryl methyl sites for hydroxylation is 1. The number of nitrogens with two attached hydrogens (primary N) is 1. The number of carbonyl (C=O) groups excluding carboxylic acids is 1. The van der Waals surface area contributed by atoms with Crippen molar-refractivity contribution in [2.24, 2.45) is 5.14 Å². The Kier molecular flexibility index (Phi) is 6.16. The normalized spacial score (nSPS) is 14.9. The largest absolute Gasteiger partial charge is 0.330 e. The van der Waals surface area contributed by atoms with E-state index < -0.39 is 28.3 Å². The van der Waals surface area contributed by atoms with Crippen LogP contribution in [0.3, 0.4) is 0 Å². The molecule has 4 rings (SSSR count). The van der Waals surface area contributed by atoms with Crippen LogP contribution in [0, 0.1) is 12.7 Å². The van der Waals surface area contributed by atoms with Crippen molar-refractivity contribution >= 4 is 38.2 Å². The van der Waals surface area contributed by atoms with Crippen molar-refractivity contribution in [3.63, 3.8) is 0 Å². The highest BCUT2D eigenvalue weighted by Crippen LogP contribution is 2.35. The van der Waals surface area contributed by atoms with Crippen LogP contribution >= 0.6 is 11.3 Å². The van der Waals surface area contributed by atoms with Crippen LogP contribution < -0.4 is 14.9 Å². The molecule has 2 heterocycles. The summed E-state index contributed by atoms with van der Waals surface area (Å²) >= 11 is 0.827. The molecule has 2 amide bonds. The van der Waals surface area contributed by atoms with E-state index in [1.54, 1.807) is 24.3 Å². The van der Waals surface area contributed by atoms with E-state index in [1.807, 2.05) is 0 Å². The Morgan fingerprint density at radius 2 is 1.76 bits per heavy atom. The van der Waals surface area contributed by atoms with E-state index >= 15 is 0 Å². The maximum atomic E-state index is 13.7. The fourth-order valence-electron chi connectivity index (χ4n) is 3.68. The molecule has 0 unspecified atom stereocenters. The van der Waals surface area contributed by atoms with Crippen LogP contribution in [0.4, 0.5) is 28.8 Å². The summed E-state index contributed by atoms with van der Waals surface area (Å²) in [5, 5.41) is 5.44. The molecule has 0 atom stereocenters. The quantitative estimate of drug-likeness (QED) is 0.555. The molecule has 0 spiro atoms. The highest BCUT2D eigenvalue weighted by atomic mass is 32.2. The van der Waals surface area contributed by atoms with E-state index in [-0.39, 0.29) is 26.2 Å². The predicted molar refractivity (Wildman–Crippen MR) is 120 cm³/mol. The van der Waals surface area contributed by atoms with Gasteiger partial charge in [-0.25, -0.2) is 36.5 Å². The molecule has 0 radical (unpaired) electrons. The average Bonchev–Trinajstić information content (AvgIpc) is 3.16. The van der Waals surface area contributed by atoms with Gasteiger partial charge in [-0.15, -0.1) is 0 Å². The highest BCUT2D eigenvalue weighted by molar-refractivity contribution is 7.91. The zero-order valence-corrected chi connectivity index (χ0v) is 19.0. The summed E-state index contributed by atoms with van der Waals surface area (Å²) in [6.07, 6.45) is -2.17. The Labute approximate surface area is 192 Å². The number of thiazole rings is 1. The summed E-state index contributed by atoms with van der Waals surface area (Å²) < 4.78 is 63.7. The summed E-state index contributed by atoms with van der Waals surface area (Å²) in [7, 11) is -3.95. The number of sulfonamides is 1. The van der Waals surface area contributed by atoms with Gasteiger partial charge in [-0.05, 0) is 54.8 Å². The van der Waals surface area contributed by atoms with Gasteiger partial charge in [0.2, 0.25) is 10.0 Å². The predicted octanol–water partition coefficient (Wildman–Crippen LogP) is 4.68. The molecule has 33 heavy (non-hydrogen) atoms. The standard InChI is InChI=1S/C21H19F3N4O3S2/c1-12-19(33(25,30)31)32-20(26-12)28-10-2-9-27(21(28)29)15-6-3-13(4-7-15)17-11-14(22)5-8-16(17)18(23)24/h3-8,11,18H,2,9-10H2,1H3,(H2,25,30,31). The van der Waals surface area contributed by atoms with Gasteiger partial charge in [0.25, 0.3) is 6.43 Å². The number of halogens is 3. The van der Waals surface area contributed by atoms with Gasteiger partial charge in [0.05, 0.1) is 5.69 Å². The van der Waals surface area contributed by atoms with E-state index in [9.17, 15) is 26.4 Å². The molecule has 174 valence electrons. The molecular weight excluding hydrogens is 477 g/mol. The number of benzene rings is 2. The van der Waals surface area contributed by atoms with Gasteiger partial charge >= 0.3 is 6.03 Å². The lowest BCUT2D eigenvalue weighted by molar-refractivity contribution is 0.152. The molecule has 1 saturated heterocycles. The van der Waals surface area contributed by atoms with Gasteiger partial charge < -0.3 is 0 Å². The number of urea groups is 1. The van der Waals surface area contributed by atoms with E-state index in [1.165, 1.54) is 16.7 Å². The van der Waals surface area contributed by atoms with Crippen LogP contribution in [-0.2, 0) is 10.0 Å². The monoisotopic (exact) mass is 496 g/mol. The minimum Gasteiger partial charge on any atom is -0.294 e. The average molecular weight is 497 g/mol. The zero-order chi connectivity index (χ0) is 23.9. The molecule has 7 nitrogen and oxygen atoms in total. The summed E-state index contributed by atoms with van der Waals surface area (Å²) in [5.41, 5.74) is 0.925. The van der Waals surface area contributed by atoms with E-state index in [4.69, 9.17) is 5.14 Å². The van der Waals surface area contributed by atoms with Gasteiger partial charge in [-0.3, -0.25) is 9.80 Å². The molecule has 3 aromatic rings. The molecule has 0 bridgehead atoms. The van der Waals surface area contributed by atoms with Gasteiger partial charge in [-0.1, -0.05) is 23.5 Å². The van der Waals surface area contributed by atoms with Crippen molar-refractivity contribution in [1.29, 1.82) is 0 Å². The molecule has 2 aromatic carbocycles.